The summed E-state index contributed by atoms with van der Waals surface area (Å²) in [6.07, 6.45) is 5.90. The summed E-state index contributed by atoms with van der Waals surface area (Å²) in [5, 5.41) is 6.60. The summed E-state index contributed by atoms with van der Waals surface area (Å²) in [6.45, 7) is 12.1. The molecule has 1 atom stereocenters. The molecule has 4 heteroatoms. The van der Waals surface area contributed by atoms with Gasteiger partial charge in [-0.2, -0.15) is 0 Å². The van der Waals surface area contributed by atoms with Crippen molar-refractivity contribution in [3.8, 4) is 0 Å². The van der Waals surface area contributed by atoms with Crippen molar-refractivity contribution in [2.24, 2.45) is 0 Å². The number of amides is 1. The Bertz CT molecular complexity index is 286. The molecule has 0 saturated carbocycles. The van der Waals surface area contributed by atoms with Gasteiger partial charge in [0.15, 0.2) is 0 Å². The van der Waals surface area contributed by atoms with Gasteiger partial charge in [-0.1, -0.05) is 19.8 Å². The van der Waals surface area contributed by atoms with E-state index in [1.807, 2.05) is 0 Å². The van der Waals surface area contributed by atoms with Crippen LogP contribution in [-0.4, -0.2) is 48.6 Å². The summed E-state index contributed by atoms with van der Waals surface area (Å²) in [5.41, 5.74) is 0.145. The van der Waals surface area contributed by atoms with E-state index in [4.69, 9.17) is 0 Å². The molecular formula is C16H33N3O. The Morgan fingerprint density at radius 2 is 2.05 bits per heavy atom. The SMILES string of the molecule is CCCCNC(=O)CN1CCCCC1CNC(C)(C)C. The van der Waals surface area contributed by atoms with Crippen LogP contribution in [0.25, 0.3) is 0 Å². The van der Waals surface area contributed by atoms with Crippen LogP contribution in [0.4, 0.5) is 0 Å². The van der Waals surface area contributed by atoms with Crippen molar-refractivity contribution in [1.29, 1.82) is 0 Å². The van der Waals surface area contributed by atoms with Gasteiger partial charge in [0.2, 0.25) is 5.91 Å². The molecule has 118 valence electrons. The van der Waals surface area contributed by atoms with Crippen LogP contribution < -0.4 is 10.6 Å². The van der Waals surface area contributed by atoms with Gasteiger partial charge in [-0.25, -0.2) is 0 Å². The van der Waals surface area contributed by atoms with Crippen molar-refractivity contribution < 1.29 is 4.79 Å². The highest BCUT2D eigenvalue weighted by Crippen LogP contribution is 2.16. The van der Waals surface area contributed by atoms with Gasteiger partial charge in [0.1, 0.15) is 0 Å². The summed E-state index contributed by atoms with van der Waals surface area (Å²) in [6, 6.07) is 0.500. The van der Waals surface area contributed by atoms with Crippen LogP contribution in [0.15, 0.2) is 0 Å². The first-order valence-corrected chi connectivity index (χ1v) is 8.18. The van der Waals surface area contributed by atoms with Crippen LogP contribution in [-0.2, 0) is 4.79 Å². The number of piperidine rings is 1. The smallest absolute Gasteiger partial charge is 0.234 e. The second-order valence-electron chi connectivity index (χ2n) is 6.95. The van der Waals surface area contributed by atoms with E-state index >= 15 is 0 Å². The number of carbonyl (C=O) groups is 1. The van der Waals surface area contributed by atoms with Gasteiger partial charge in [0, 0.05) is 24.7 Å². The Hall–Kier alpha value is -0.610. The molecule has 1 rings (SSSR count). The van der Waals surface area contributed by atoms with Gasteiger partial charge in [0.05, 0.1) is 6.54 Å². The highest BCUT2D eigenvalue weighted by atomic mass is 16.2. The molecule has 1 saturated heterocycles. The zero-order valence-corrected chi connectivity index (χ0v) is 13.8. The van der Waals surface area contributed by atoms with E-state index in [9.17, 15) is 4.79 Å². The molecule has 1 heterocycles. The molecule has 0 bridgehead atoms. The number of nitrogens with zero attached hydrogens (tertiary/aromatic N) is 1. The lowest BCUT2D eigenvalue weighted by atomic mass is 10.0. The fourth-order valence-corrected chi connectivity index (χ4v) is 2.57. The largest absolute Gasteiger partial charge is 0.355 e. The summed E-state index contributed by atoms with van der Waals surface area (Å²) >= 11 is 0. The minimum atomic E-state index is 0.145. The predicted octanol–water partition coefficient (Wildman–Crippen LogP) is 2.15. The standard InChI is InChI=1S/C16H33N3O/c1-5-6-10-17-15(20)13-19-11-8-7-9-14(19)12-18-16(2,3)4/h14,18H,5-13H2,1-4H3,(H,17,20). The molecule has 0 radical (unpaired) electrons. The molecule has 1 aliphatic rings. The van der Waals surface area contributed by atoms with Crippen molar-refractivity contribution in [2.75, 3.05) is 26.2 Å². The quantitative estimate of drug-likeness (QED) is 0.704. The highest BCUT2D eigenvalue weighted by Gasteiger charge is 2.25. The number of hydrogen-bond donors (Lipinski definition) is 2. The maximum absolute atomic E-state index is 12.0. The summed E-state index contributed by atoms with van der Waals surface area (Å²) < 4.78 is 0. The second-order valence-corrected chi connectivity index (χ2v) is 6.95. The Morgan fingerprint density at radius 1 is 1.30 bits per heavy atom. The van der Waals surface area contributed by atoms with Crippen LogP contribution in [0.5, 0.6) is 0 Å². The minimum Gasteiger partial charge on any atom is -0.355 e. The lowest BCUT2D eigenvalue weighted by Gasteiger charge is -2.37. The topological polar surface area (TPSA) is 44.4 Å². The lowest BCUT2D eigenvalue weighted by Crippen LogP contribution is -2.52. The maximum atomic E-state index is 12.0. The summed E-state index contributed by atoms with van der Waals surface area (Å²) in [5.74, 6) is 0.182. The number of nitrogens with one attached hydrogen (secondary N) is 2. The third kappa shape index (κ3) is 7.25. The lowest BCUT2D eigenvalue weighted by molar-refractivity contribution is -0.123. The molecule has 2 N–H and O–H groups in total. The average molecular weight is 283 g/mol. The normalized spacial score (nSPS) is 20.9. The molecular weight excluding hydrogens is 250 g/mol. The van der Waals surface area contributed by atoms with Gasteiger partial charge in [-0.05, 0) is 46.6 Å². The van der Waals surface area contributed by atoms with Gasteiger partial charge in [-0.3, -0.25) is 9.69 Å². The fourth-order valence-electron chi connectivity index (χ4n) is 2.57. The monoisotopic (exact) mass is 283 g/mol. The Kier molecular flexibility index (Phi) is 7.52. The first-order chi connectivity index (χ1) is 9.42. The molecule has 20 heavy (non-hydrogen) atoms. The van der Waals surface area contributed by atoms with Crippen molar-refractivity contribution in [3.05, 3.63) is 0 Å². The maximum Gasteiger partial charge on any atom is 0.234 e. The van der Waals surface area contributed by atoms with Gasteiger partial charge in [0.25, 0.3) is 0 Å². The first kappa shape index (κ1) is 17.4. The number of hydrogen-bond acceptors (Lipinski definition) is 3. The van der Waals surface area contributed by atoms with E-state index < -0.39 is 0 Å². The van der Waals surface area contributed by atoms with E-state index in [2.05, 4.69) is 43.2 Å². The van der Waals surface area contributed by atoms with Crippen LogP contribution in [0.1, 0.15) is 59.8 Å². The van der Waals surface area contributed by atoms with E-state index in [1.54, 1.807) is 0 Å². The van der Waals surface area contributed by atoms with Crippen LogP contribution in [0.2, 0.25) is 0 Å². The van der Waals surface area contributed by atoms with Crippen molar-refractivity contribution in [3.63, 3.8) is 0 Å². The Labute approximate surface area is 124 Å². The molecule has 0 spiro atoms. The molecule has 0 aliphatic carbocycles. The summed E-state index contributed by atoms with van der Waals surface area (Å²) in [7, 11) is 0. The van der Waals surface area contributed by atoms with Gasteiger partial charge < -0.3 is 10.6 Å². The first-order valence-electron chi connectivity index (χ1n) is 8.18. The minimum absolute atomic E-state index is 0.145. The number of carbonyl (C=O) groups excluding carboxylic acids is 1. The molecule has 0 aromatic heterocycles. The van der Waals surface area contributed by atoms with E-state index in [0.717, 1.165) is 32.5 Å². The number of likely N-dealkylation sites (tertiary alicyclic amines) is 1. The van der Waals surface area contributed by atoms with Crippen molar-refractivity contribution in [1.82, 2.24) is 15.5 Å². The molecule has 1 aliphatic heterocycles. The number of unbranched alkanes of at least 4 members (excludes halogenated alkanes) is 1. The predicted molar refractivity (Wildman–Crippen MR) is 84.9 cm³/mol. The highest BCUT2D eigenvalue weighted by molar-refractivity contribution is 5.78. The molecule has 1 amide bonds. The van der Waals surface area contributed by atoms with E-state index in [1.165, 1.54) is 19.3 Å². The molecule has 0 aromatic rings. The van der Waals surface area contributed by atoms with E-state index in [-0.39, 0.29) is 11.4 Å². The van der Waals surface area contributed by atoms with Crippen LogP contribution in [0, 0.1) is 0 Å². The van der Waals surface area contributed by atoms with Crippen LogP contribution in [0.3, 0.4) is 0 Å². The molecule has 0 aromatic carbocycles. The third-order valence-corrected chi connectivity index (χ3v) is 3.82. The molecule has 4 nitrogen and oxygen atoms in total. The van der Waals surface area contributed by atoms with Gasteiger partial charge >= 0.3 is 0 Å². The molecule has 1 unspecified atom stereocenters. The third-order valence-electron chi connectivity index (χ3n) is 3.82. The Morgan fingerprint density at radius 3 is 2.70 bits per heavy atom. The van der Waals surface area contributed by atoms with Crippen molar-refractivity contribution in [2.45, 2.75) is 71.4 Å². The summed E-state index contributed by atoms with van der Waals surface area (Å²) in [4.78, 5) is 14.3. The zero-order valence-electron chi connectivity index (χ0n) is 13.8. The molecule has 1 fully saturated rings. The Balaban J connectivity index is 2.37. The second kappa shape index (κ2) is 8.63. The van der Waals surface area contributed by atoms with Crippen LogP contribution >= 0.6 is 0 Å². The van der Waals surface area contributed by atoms with Gasteiger partial charge in [-0.15, -0.1) is 0 Å². The average Bonchev–Trinajstić information content (AvgIpc) is 2.37. The van der Waals surface area contributed by atoms with Crippen molar-refractivity contribution >= 4 is 5.91 Å². The fraction of sp³-hybridized carbons (Fsp3) is 0.938. The zero-order chi connectivity index (χ0) is 15.0. The number of rotatable bonds is 7. The van der Waals surface area contributed by atoms with E-state index in [0.29, 0.717) is 12.6 Å².